The van der Waals surface area contributed by atoms with Gasteiger partial charge < -0.3 is 10.1 Å². The van der Waals surface area contributed by atoms with Crippen LogP contribution in [0.2, 0.25) is 0 Å². The molecule has 3 aliphatic rings. The first-order valence-corrected chi connectivity index (χ1v) is 8.47. The van der Waals surface area contributed by atoms with Crippen LogP contribution >= 0.6 is 0 Å². The largest absolute Gasteiger partial charge is 0.381 e. The molecule has 20 heavy (non-hydrogen) atoms. The van der Waals surface area contributed by atoms with Gasteiger partial charge in [0.1, 0.15) is 0 Å². The Balaban J connectivity index is 1.72. The minimum atomic E-state index is 0.299. The van der Waals surface area contributed by atoms with Gasteiger partial charge in [-0.25, -0.2) is 0 Å². The van der Waals surface area contributed by atoms with E-state index in [0.717, 1.165) is 17.9 Å². The van der Waals surface area contributed by atoms with Crippen LogP contribution in [0.3, 0.4) is 0 Å². The van der Waals surface area contributed by atoms with Crippen molar-refractivity contribution < 1.29 is 4.74 Å². The molecule has 0 bridgehead atoms. The molecule has 1 N–H and O–H groups in total. The van der Waals surface area contributed by atoms with Gasteiger partial charge in [-0.3, -0.25) is 4.90 Å². The van der Waals surface area contributed by atoms with Crippen LogP contribution in [0.5, 0.6) is 0 Å². The van der Waals surface area contributed by atoms with E-state index in [9.17, 15) is 0 Å². The zero-order chi connectivity index (χ0) is 14.5. The standard InChI is InChI=1S/C17H32N2O/c1-11(2)14-9-18-13(12-6-7-12)10-19(14)15-8-16(20-5)17(15,3)4/h11-16,18H,6-10H2,1-5H3. The molecule has 0 spiro atoms. The van der Waals surface area contributed by atoms with Crippen molar-refractivity contribution in [1.82, 2.24) is 10.2 Å². The molecule has 2 aliphatic carbocycles. The summed E-state index contributed by atoms with van der Waals surface area (Å²) in [6.45, 7) is 11.9. The summed E-state index contributed by atoms with van der Waals surface area (Å²) in [6, 6.07) is 2.12. The number of piperazine rings is 1. The molecule has 1 heterocycles. The van der Waals surface area contributed by atoms with Crippen molar-refractivity contribution in [1.29, 1.82) is 0 Å². The molecule has 0 aromatic heterocycles. The van der Waals surface area contributed by atoms with Gasteiger partial charge >= 0.3 is 0 Å². The number of nitrogens with one attached hydrogen (secondary N) is 1. The molecule has 0 radical (unpaired) electrons. The Kier molecular flexibility index (Phi) is 3.89. The topological polar surface area (TPSA) is 24.5 Å². The van der Waals surface area contributed by atoms with Crippen molar-refractivity contribution in [2.45, 2.75) is 71.2 Å². The first-order chi connectivity index (χ1) is 9.45. The summed E-state index contributed by atoms with van der Waals surface area (Å²) in [4.78, 5) is 2.83. The Morgan fingerprint density at radius 1 is 1.25 bits per heavy atom. The second-order valence-corrected chi connectivity index (χ2v) is 8.16. The minimum Gasteiger partial charge on any atom is -0.381 e. The van der Waals surface area contributed by atoms with Gasteiger partial charge in [0.15, 0.2) is 0 Å². The average Bonchev–Trinajstić information content (AvgIpc) is 3.22. The zero-order valence-electron chi connectivity index (χ0n) is 13.9. The molecule has 116 valence electrons. The van der Waals surface area contributed by atoms with E-state index in [1.165, 1.54) is 32.4 Å². The normalized spacial score (nSPS) is 41.7. The van der Waals surface area contributed by atoms with Gasteiger partial charge in [0, 0.05) is 43.7 Å². The van der Waals surface area contributed by atoms with Crippen LogP contribution in [0.4, 0.5) is 0 Å². The zero-order valence-corrected chi connectivity index (χ0v) is 13.9. The van der Waals surface area contributed by atoms with Crippen molar-refractivity contribution >= 4 is 0 Å². The highest BCUT2D eigenvalue weighted by Gasteiger charge is 2.54. The Bertz CT molecular complexity index is 351. The summed E-state index contributed by atoms with van der Waals surface area (Å²) in [5, 5.41) is 3.83. The quantitative estimate of drug-likeness (QED) is 0.856. The molecule has 0 aromatic carbocycles. The smallest absolute Gasteiger partial charge is 0.0652 e. The summed E-state index contributed by atoms with van der Waals surface area (Å²) in [5.74, 6) is 1.67. The number of hydrogen-bond acceptors (Lipinski definition) is 3. The third-order valence-corrected chi connectivity index (χ3v) is 6.19. The Hall–Kier alpha value is -0.120. The van der Waals surface area contributed by atoms with E-state index in [1.807, 2.05) is 7.11 Å². The van der Waals surface area contributed by atoms with Gasteiger partial charge in [0.05, 0.1) is 6.10 Å². The van der Waals surface area contributed by atoms with Crippen LogP contribution in [0.1, 0.15) is 47.0 Å². The molecule has 1 saturated heterocycles. The predicted molar refractivity (Wildman–Crippen MR) is 82.8 cm³/mol. The number of hydrogen-bond donors (Lipinski definition) is 1. The molecular formula is C17H32N2O. The minimum absolute atomic E-state index is 0.299. The Labute approximate surface area is 124 Å². The predicted octanol–water partition coefficient (Wildman–Crippen LogP) is 2.51. The van der Waals surface area contributed by atoms with Crippen LogP contribution < -0.4 is 5.32 Å². The molecule has 2 saturated carbocycles. The Morgan fingerprint density at radius 2 is 1.95 bits per heavy atom. The van der Waals surface area contributed by atoms with E-state index in [2.05, 4.69) is 37.9 Å². The van der Waals surface area contributed by atoms with E-state index >= 15 is 0 Å². The van der Waals surface area contributed by atoms with Crippen molar-refractivity contribution in [2.75, 3.05) is 20.2 Å². The third-order valence-electron chi connectivity index (χ3n) is 6.19. The second kappa shape index (κ2) is 5.26. The van der Waals surface area contributed by atoms with Gasteiger partial charge in [-0.15, -0.1) is 0 Å². The maximum Gasteiger partial charge on any atom is 0.0652 e. The SMILES string of the molecule is COC1CC(N2CC(C3CC3)NCC2C(C)C)C1(C)C. The molecular weight excluding hydrogens is 248 g/mol. The van der Waals surface area contributed by atoms with Gasteiger partial charge in [-0.1, -0.05) is 27.7 Å². The second-order valence-electron chi connectivity index (χ2n) is 8.16. The molecule has 0 aromatic rings. The molecule has 0 amide bonds. The lowest BCUT2D eigenvalue weighted by Crippen LogP contribution is -2.70. The highest BCUT2D eigenvalue weighted by atomic mass is 16.5. The molecule has 1 aliphatic heterocycles. The lowest BCUT2D eigenvalue weighted by atomic mass is 9.63. The van der Waals surface area contributed by atoms with E-state index in [-0.39, 0.29) is 0 Å². The van der Waals surface area contributed by atoms with Gasteiger partial charge in [-0.2, -0.15) is 0 Å². The molecule has 3 fully saturated rings. The van der Waals surface area contributed by atoms with Crippen LogP contribution in [0.25, 0.3) is 0 Å². The molecule has 3 heteroatoms. The van der Waals surface area contributed by atoms with Crippen molar-refractivity contribution in [3.63, 3.8) is 0 Å². The molecule has 3 rings (SSSR count). The number of nitrogens with zero attached hydrogens (tertiary/aromatic N) is 1. The fraction of sp³-hybridized carbons (Fsp3) is 1.00. The fourth-order valence-electron chi connectivity index (χ4n) is 4.43. The highest BCUT2D eigenvalue weighted by molar-refractivity contribution is 5.08. The van der Waals surface area contributed by atoms with Gasteiger partial charge in [0.25, 0.3) is 0 Å². The van der Waals surface area contributed by atoms with Gasteiger partial charge in [-0.05, 0) is 31.1 Å². The summed E-state index contributed by atoms with van der Waals surface area (Å²) >= 11 is 0. The summed E-state index contributed by atoms with van der Waals surface area (Å²) in [7, 11) is 1.87. The van der Waals surface area contributed by atoms with Crippen LogP contribution in [0.15, 0.2) is 0 Å². The van der Waals surface area contributed by atoms with E-state index < -0.39 is 0 Å². The molecule has 3 nitrogen and oxygen atoms in total. The van der Waals surface area contributed by atoms with Crippen molar-refractivity contribution in [3.8, 4) is 0 Å². The fourth-order valence-corrected chi connectivity index (χ4v) is 4.43. The van der Waals surface area contributed by atoms with Crippen molar-refractivity contribution in [2.24, 2.45) is 17.3 Å². The van der Waals surface area contributed by atoms with E-state index in [0.29, 0.717) is 23.6 Å². The van der Waals surface area contributed by atoms with Crippen LogP contribution in [-0.2, 0) is 4.74 Å². The summed E-state index contributed by atoms with van der Waals surface area (Å²) < 4.78 is 5.66. The summed E-state index contributed by atoms with van der Waals surface area (Å²) in [5.41, 5.74) is 0.299. The monoisotopic (exact) mass is 280 g/mol. The van der Waals surface area contributed by atoms with Gasteiger partial charge in [0.2, 0.25) is 0 Å². The maximum absolute atomic E-state index is 5.66. The lowest BCUT2D eigenvalue weighted by Gasteiger charge is -2.59. The number of methoxy groups -OCH3 is 1. The lowest BCUT2D eigenvalue weighted by molar-refractivity contribution is -0.157. The third kappa shape index (κ3) is 2.42. The van der Waals surface area contributed by atoms with E-state index in [1.54, 1.807) is 0 Å². The van der Waals surface area contributed by atoms with Crippen LogP contribution in [0, 0.1) is 17.3 Å². The number of ether oxygens (including phenoxy) is 1. The first kappa shape index (κ1) is 14.8. The Morgan fingerprint density at radius 3 is 2.45 bits per heavy atom. The molecule has 4 unspecified atom stereocenters. The first-order valence-electron chi connectivity index (χ1n) is 8.47. The van der Waals surface area contributed by atoms with Crippen molar-refractivity contribution in [3.05, 3.63) is 0 Å². The van der Waals surface area contributed by atoms with Crippen LogP contribution in [-0.4, -0.2) is 49.3 Å². The maximum atomic E-state index is 5.66. The highest BCUT2D eigenvalue weighted by Crippen LogP contribution is 2.47. The number of rotatable bonds is 4. The summed E-state index contributed by atoms with van der Waals surface area (Å²) in [6.07, 6.45) is 4.53. The average molecular weight is 280 g/mol. The molecule has 4 atom stereocenters. The van der Waals surface area contributed by atoms with E-state index in [4.69, 9.17) is 4.74 Å².